The van der Waals surface area contributed by atoms with E-state index in [0.717, 1.165) is 51.8 Å². The summed E-state index contributed by atoms with van der Waals surface area (Å²) >= 11 is 1.63. The van der Waals surface area contributed by atoms with Crippen molar-refractivity contribution in [2.24, 2.45) is 0 Å². The molecule has 1 saturated heterocycles. The fraction of sp³-hybridized carbons (Fsp3) is 0.348. The number of benzene rings is 1. The Morgan fingerprint density at radius 3 is 2.78 bits per heavy atom. The first-order valence-corrected chi connectivity index (χ1v) is 12.0. The second-order valence-corrected chi connectivity index (χ2v) is 8.94. The highest BCUT2D eigenvalue weighted by Crippen LogP contribution is 2.29. The van der Waals surface area contributed by atoms with Crippen LogP contribution in [0.3, 0.4) is 0 Å². The molecule has 0 atom stereocenters. The van der Waals surface area contributed by atoms with Crippen molar-refractivity contribution >= 4 is 45.4 Å². The SMILES string of the molecule is CCSc1nc(N2CCCC2)c2cnn(CCNC(=O)c3ccc4ccccc4n3)c2n1. The molecular weight excluding hydrogens is 422 g/mol. The Kier molecular flexibility index (Phi) is 5.89. The van der Waals surface area contributed by atoms with Crippen molar-refractivity contribution in [2.45, 2.75) is 31.5 Å². The number of carbonyl (C=O) groups excluding carboxylic acids is 1. The normalized spacial score (nSPS) is 13.8. The maximum absolute atomic E-state index is 12.6. The van der Waals surface area contributed by atoms with E-state index in [4.69, 9.17) is 9.97 Å². The van der Waals surface area contributed by atoms with Gasteiger partial charge in [0.25, 0.3) is 5.91 Å². The number of anilines is 1. The van der Waals surface area contributed by atoms with Crippen molar-refractivity contribution in [2.75, 3.05) is 30.3 Å². The van der Waals surface area contributed by atoms with Gasteiger partial charge in [-0.3, -0.25) is 4.79 Å². The van der Waals surface area contributed by atoms with Crippen LogP contribution in [0.4, 0.5) is 5.82 Å². The van der Waals surface area contributed by atoms with Crippen LogP contribution in [-0.4, -0.2) is 56.0 Å². The van der Waals surface area contributed by atoms with Gasteiger partial charge in [-0.25, -0.2) is 19.6 Å². The quantitative estimate of drug-likeness (QED) is 0.342. The molecule has 4 aromatic rings. The second kappa shape index (κ2) is 9.12. The van der Waals surface area contributed by atoms with Crippen molar-refractivity contribution < 1.29 is 4.79 Å². The first-order chi connectivity index (χ1) is 15.7. The molecule has 9 heteroatoms. The molecule has 3 aromatic heterocycles. The molecule has 0 saturated carbocycles. The molecular formula is C23H25N7OS. The molecule has 1 N–H and O–H groups in total. The monoisotopic (exact) mass is 447 g/mol. The lowest BCUT2D eigenvalue weighted by molar-refractivity contribution is 0.0947. The maximum atomic E-state index is 12.6. The second-order valence-electron chi connectivity index (χ2n) is 7.71. The number of hydrogen-bond acceptors (Lipinski definition) is 7. The van der Waals surface area contributed by atoms with E-state index in [1.807, 2.05) is 41.2 Å². The van der Waals surface area contributed by atoms with Crippen LogP contribution in [0.15, 0.2) is 47.8 Å². The van der Waals surface area contributed by atoms with Gasteiger partial charge in [0.05, 0.1) is 23.6 Å². The van der Waals surface area contributed by atoms with Gasteiger partial charge in [0, 0.05) is 25.0 Å². The van der Waals surface area contributed by atoms with Crippen LogP contribution in [0.5, 0.6) is 0 Å². The summed E-state index contributed by atoms with van der Waals surface area (Å²) in [6.07, 6.45) is 4.21. The van der Waals surface area contributed by atoms with Crippen LogP contribution in [0.25, 0.3) is 21.9 Å². The standard InChI is InChI=1S/C23H25N7OS/c1-2-32-23-27-20(29-12-5-6-13-29)17-15-25-30(21(17)28-23)14-11-24-22(31)19-10-9-16-7-3-4-8-18(16)26-19/h3-4,7-10,15H,2,5-6,11-14H2,1H3,(H,24,31). The third-order valence-corrected chi connectivity index (χ3v) is 6.30. The fourth-order valence-electron chi connectivity index (χ4n) is 4.01. The lowest BCUT2D eigenvalue weighted by atomic mass is 10.2. The van der Waals surface area contributed by atoms with Crippen LogP contribution in [0.2, 0.25) is 0 Å². The Morgan fingerprint density at radius 2 is 1.94 bits per heavy atom. The Morgan fingerprint density at radius 1 is 1.09 bits per heavy atom. The van der Waals surface area contributed by atoms with E-state index in [9.17, 15) is 4.79 Å². The molecule has 0 aliphatic carbocycles. The topological polar surface area (TPSA) is 88.8 Å². The van der Waals surface area contributed by atoms with E-state index >= 15 is 0 Å². The van der Waals surface area contributed by atoms with E-state index in [0.29, 0.717) is 18.8 Å². The molecule has 8 nitrogen and oxygen atoms in total. The van der Waals surface area contributed by atoms with Crippen LogP contribution < -0.4 is 10.2 Å². The molecule has 1 fully saturated rings. The molecule has 0 unspecified atom stereocenters. The van der Waals surface area contributed by atoms with Crippen LogP contribution in [0, 0.1) is 0 Å². The number of nitrogens with zero attached hydrogens (tertiary/aromatic N) is 6. The lowest BCUT2D eigenvalue weighted by Gasteiger charge is -2.17. The predicted octanol–water partition coefficient (Wildman–Crippen LogP) is 3.52. The van der Waals surface area contributed by atoms with Crippen LogP contribution >= 0.6 is 11.8 Å². The molecule has 164 valence electrons. The Labute approximate surface area is 190 Å². The summed E-state index contributed by atoms with van der Waals surface area (Å²) in [6, 6.07) is 11.4. The smallest absolute Gasteiger partial charge is 0.269 e. The average molecular weight is 448 g/mol. The highest BCUT2D eigenvalue weighted by molar-refractivity contribution is 7.99. The summed E-state index contributed by atoms with van der Waals surface area (Å²) in [4.78, 5) is 28.9. The predicted molar refractivity (Wildman–Crippen MR) is 127 cm³/mol. The third-order valence-electron chi connectivity index (χ3n) is 5.57. The molecule has 0 spiro atoms. The first kappa shape index (κ1) is 20.7. The summed E-state index contributed by atoms with van der Waals surface area (Å²) in [7, 11) is 0. The number of rotatable bonds is 7. The maximum Gasteiger partial charge on any atom is 0.269 e. The largest absolute Gasteiger partial charge is 0.356 e. The fourth-order valence-corrected chi connectivity index (χ4v) is 4.57. The number of amides is 1. The molecule has 1 aliphatic heterocycles. The summed E-state index contributed by atoms with van der Waals surface area (Å²) in [5.41, 5.74) is 2.04. The van der Waals surface area contributed by atoms with Gasteiger partial charge in [-0.2, -0.15) is 5.10 Å². The number of nitrogens with one attached hydrogen (secondary N) is 1. The van der Waals surface area contributed by atoms with E-state index in [-0.39, 0.29) is 5.91 Å². The van der Waals surface area contributed by atoms with E-state index in [2.05, 4.69) is 27.2 Å². The Balaban J connectivity index is 1.32. The summed E-state index contributed by atoms with van der Waals surface area (Å²) < 4.78 is 1.85. The number of pyridine rings is 1. The zero-order valence-electron chi connectivity index (χ0n) is 18.0. The van der Waals surface area contributed by atoms with Gasteiger partial charge in [-0.15, -0.1) is 0 Å². The van der Waals surface area contributed by atoms with Gasteiger partial charge < -0.3 is 10.2 Å². The van der Waals surface area contributed by atoms with Crippen molar-refractivity contribution in [1.29, 1.82) is 0 Å². The molecule has 0 radical (unpaired) electrons. The molecule has 5 rings (SSSR count). The number of carbonyl (C=O) groups is 1. The zero-order chi connectivity index (χ0) is 21.9. The summed E-state index contributed by atoms with van der Waals surface area (Å²) in [5.74, 6) is 1.69. The van der Waals surface area contributed by atoms with Crippen LogP contribution in [0.1, 0.15) is 30.3 Å². The highest BCUT2D eigenvalue weighted by atomic mass is 32.2. The van der Waals surface area contributed by atoms with Crippen molar-refractivity contribution in [3.63, 3.8) is 0 Å². The van der Waals surface area contributed by atoms with Gasteiger partial charge in [0.2, 0.25) is 0 Å². The van der Waals surface area contributed by atoms with Crippen molar-refractivity contribution in [3.05, 3.63) is 48.3 Å². The number of aromatic nitrogens is 5. The minimum atomic E-state index is -0.193. The Hall–Kier alpha value is -3.20. The third kappa shape index (κ3) is 4.12. The molecule has 32 heavy (non-hydrogen) atoms. The molecule has 1 amide bonds. The van der Waals surface area contributed by atoms with Crippen LogP contribution in [-0.2, 0) is 6.54 Å². The lowest BCUT2D eigenvalue weighted by Crippen LogP contribution is -2.28. The van der Waals surface area contributed by atoms with Crippen molar-refractivity contribution in [1.82, 2.24) is 30.0 Å². The molecule has 4 heterocycles. The number of para-hydroxylation sites is 1. The number of fused-ring (bicyclic) bond motifs is 2. The number of thioether (sulfide) groups is 1. The minimum absolute atomic E-state index is 0.193. The molecule has 0 bridgehead atoms. The minimum Gasteiger partial charge on any atom is -0.356 e. The average Bonchev–Trinajstić information content (AvgIpc) is 3.49. The number of hydrogen-bond donors (Lipinski definition) is 1. The summed E-state index contributed by atoms with van der Waals surface area (Å²) in [5, 5.41) is 10.3. The van der Waals surface area contributed by atoms with E-state index < -0.39 is 0 Å². The van der Waals surface area contributed by atoms with Crippen molar-refractivity contribution in [3.8, 4) is 0 Å². The van der Waals surface area contributed by atoms with E-state index in [1.165, 1.54) is 12.8 Å². The van der Waals surface area contributed by atoms with Gasteiger partial charge in [-0.05, 0) is 30.7 Å². The summed E-state index contributed by atoms with van der Waals surface area (Å²) in [6.45, 7) is 5.09. The molecule has 1 aromatic carbocycles. The van der Waals surface area contributed by atoms with E-state index in [1.54, 1.807) is 17.8 Å². The highest BCUT2D eigenvalue weighted by Gasteiger charge is 2.20. The van der Waals surface area contributed by atoms with Gasteiger partial charge >= 0.3 is 0 Å². The van der Waals surface area contributed by atoms with Gasteiger partial charge in [-0.1, -0.05) is 43.0 Å². The Bertz CT molecular complexity index is 1270. The molecule has 1 aliphatic rings. The zero-order valence-corrected chi connectivity index (χ0v) is 18.8. The van der Waals surface area contributed by atoms with Gasteiger partial charge in [0.15, 0.2) is 10.8 Å². The first-order valence-electron chi connectivity index (χ1n) is 11.0. The van der Waals surface area contributed by atoms with Gasteiger partial charge in [0.1, 0.15) is 11.5 Å².